The third-order valence-electron chi connectivity index (χ3n) is 3.74. The molecular formula is C14H31N3O3S. The molecule has 126 valence electrons. The van der Waals surface area contributed by atoms with Crippen molar-refractivity contribution in [1.29, 1.82) is 0 Å². The molecular weight excluding hydrogens is 290 g/mol. The summed E-state index contributed by atoms with van der Waals surface area (Å²) in [6.45, 7) is 7.58. The maximum absolute atomic E-state index is 12.9. The van der Waals surface area contributed by atoms with E-state index in [1.165, 1.54) is 0 Å². The molecule has 1 heterocycles. The van der Waals surface area contributed by atoms with Gasteiger partial charge < -0.3 is 10.1 Å². The van der Waals surface area contributed by atoms with Crippen LogP contribution in [-0.2, 0) is 14.9 Å². The number of nitrogens with zero attached hydrogens (tertiary/aromatic N) is 2. The van der Waals surface area contributed by atoms with Gasteiger partial charge in [0.25, 0.3) is 10.2 Å². The standard InChI is InChI=1S/C14H31N3O3S/c1-13(2)11-17(8-9-20-4)21(18,19)16-7-5-6-14(12-16)10-15-3/h13-15H,5-12H2,1-4H3. The molecule has 1 fully saturated rings. The monoisotopic (exact) mass is 321 g/mol. The highest BCUT2D eigenvalue weighted by Crippen LogP contribution is 2.21. The molecule has 0 spiro atoms. The molecule has 1 unspecified atom stereocenters. The number of methoxy groups -OCH3 is 1. The van der Waals surface area contributed by atoms with Gasteiger partial charge in [-0.05, 0) is 38.3 Å². The van der Waals surface area contributed by atoms with Gasteiger partial charge in [0.1, 0.15) is 0 Å². The van der Waals surface area contributed by atoms with Crippen molar-refractivity contribution < 1.29 is 13.2 Å². The second-order valence-electron chi connectivity index (χ2n) is 6.18. The van der Waals surface area contributed by atoms with Crippen LogP contribution in [0.2, 0.25) is 0 Å². The zero-order chi connectivity index (χ0) is 15.9. The number of ether oxygens (including phenoxy) is 1. The van der Waals surface area contributed by atoms with E-state index in [0.29, 0.717) is 44.6 Å². The van der Waals surface area contributed by atoms with Gasteiger partial charge in [0.2, 0.25) is 0 Å². The largest absolute Gasteiger partial charge is 0.383 e. The van der Waals surface area contributed by atoms with Crippen LogP contribution in [0.1, 0.15) is 26.7 Å². The van der Waals surface area contributed by atoms with E-state index in [4.69, 9.17) is 4.74 Å². The van der Waals surface area contributed by atoms with Gasteiger partial charge in [-0.15, -0.1) is 0 Å². The van der Waals surface area contributed by atoms with E-state index in [0.717, 1.165) is 19.4 Å². The molecule has 1 aliphatic rings. The zero-order valence-corrected chi connectivity index (χ0v) is 14.7. The predicted molar refractivity (Wildman–Crippen MR) is 85.4 cm³/mol. The molecule has 21 heavy (non-hydrogen) atoms. The summed E-state index contributed by atoms with van der Waals surface area (Å²) in [6, 6.07) is 0. The molecule has 0 amide bonds. The fraction of sp³-hybridized carbons (Fsp3) is 1.00. The molecule has 1 rings (SSSR count). The average molecular weight is 321 g/mol. The molecule has 1 saturated heterocycles. The van der Waals surface area contributed by atoms with Gasteiger partial charge in [-0.25, -0.2) is 0 Å². The Kier molecular flexibility index (Phi) is 8.12. The molecule has 0 aromatic carbocycles. The summed E-state index contributed by atoms with van der Waals surface area (Å²) in [5.41, 5.74) is 0. The fourth-order valence-corrected chi connectivity index (χ4v) is 4.63. The lowest BCUT2D eigenvalue weighted by atomic mass is 10.00. The minimum absolute atomic E-state index is 0.300. The predicted octanol–water partition coefficient (Wildman–Crippen LogP) is 0.767. The first-order valence-electron chi connectivity index (χ1n) is 7.80. The molecule has 0 aromatic rings. The van der Waals surface area contributed by atoms with Crippen molar-refractivity contribution in [3.05, 3.63) is 0 Å². The van der Waals surface area contributed by atoms with Crippen LogP contribution >= 0.6 is 0 Å². The summed E-state index contributed by atoms with van der Waals surface area (Å²) in [5, 5.41) is 3.15. The summed E-state index contributed by atoms with van der Waals surface area (Å²) in [4.78, 5) is 0. The Labute approximate surface area is 130 Å². The van der Waals surface area contributed by atoms with Crippen LogP contribution in [0, 0.1) is 11.8 Å². The molecule has 0 saturated carbocycles. The van der Waals surface area contributed by atoms with Gasteiger partial charge in [-0.3, -0.25) is 0 Å². The number of hydrogen-bond donors (Lipinski definition) is 1. The smallest absolute Gasteiger partial charge is 0.282 e. The minimum Gasteiger partial charge on any atom is -0.383 e. The van der Waals surface area contributed by atoms with Gasteiger partial charge >= 0.3 is 0 Å². The Morgan fingerprint density at radius 3 is 2.71 bits per heavy atom. The summed E-state index contributed by atoms with van der Waals surface area (Å²) in [6.07, 6.45) is 2.03. The van der Waals surface area contributed by atoms with Crippen molar-refractivity contribution in [3.63, 3.8) is 0 Å². The molecule has 0 bridgehead atoms. The van der Waals surface area contributed by atoms with E-state index in [9.17, 15) is 8.42 Å². The second-order valence-corrected chi connectivity index (χ2v) is 8.10. The Hall–Kier alpha value is -0.210. The Morgan fingerprint density at radius 2 is 2.14 bits per heavy atom. The second kappa shape index (κ2) is 9.05. The summed E-state index contributed by atoms with van der Waals surface area (Å²) >= 11 is 0. The van der Waals surface area contributed by atoms with Crippen LogP contribution in [0.4, 0.5) is 0 Å². The Morgan fingerprint density at radius 1 is 1.43 bits per heavy atom. The minimum atomic E-state index is -3.38. The SMILES string of the molecule is CNCC1CCCN(S(=O)(=O)N(CCOC)CC(C)C)C1. The highest BCUT2D eigenvalue weighted by atomic mass is 32.2. The van der Waals surface area contributed by atoms with Gasteiger partial charge in [0.15, 0.2) is 0 Å². The van der Waals surface area contributed by atoms with Crippen LogP contribution in [-0.4, -0.2) is 70.5 Å². The van der Waals surface area contributed by atoms with Crippen molar-refractivity contribution in [2.24, 2.45) is 11.8 Å². The van der Waals surface area contributed by atoms with E-state index < -0.39 is 10.2 Å². The quantitative estimate of drug-likeness (QED) is 0.681. The first kappa shape index (κ1) is 18.8. The highest BCUT2D eigenvalue weighted by molar-refractivity contribution is 7.86. The highest BCUT2D eigenvalue weighted by Gasteiger charge is 2.33. The number of nitrogens with one attached hydrogen (secondary N) is 1. The molecule has 1 atom stereocenters. The van der Waals surface area contributed by atoms with E-state index in [1.807, 2.05) is 20.9 Å². The summed E-state index contributed by atoms with van der Waals surface area (Å²) in [7, 11) is 0.131. The molecule has 7 heteroatoms. The summed E-state index contributed by atoms with van der Waals surface area (Å²) < 4.78 is 34.0. The van der Waals surface area contributed by atoms with Crippen molar-refractivity contribution in [1.82, 2.24) is 13.9 Å². The zero-order valence-electron chi connectivity index (χ0n) is 13.8. The molecule has 0 aliphatic carbocycles. The van der Waals surface area contributed by atoms with Crippen LogP contribution in [0.3, 0.4) is 0 Å². The van der Waals surface area contributed by atoms with Crippen molar-refractivity contribution in [2.75, 3.05) is 53.5 Å². The maximum Gasteiger partial charge on any atom is 0.282 e. The van der Waals surface area contributed by atoms with Gasteiger partial charge in [0, 0.05) is 33.3 Å². The maximum atomic E-state index is 12.9. The lowest BCUT2D eigenvalue weighted by molar-refractivity contribution is 0.168. The Balaban J connectivity index is 2.77. The molecule has 0 aromatic heterocycles. The number of rotatable bonds is 9. The third kappa shape index (κ3) is 5.83. The first-order chi connectivity index (χ1) is 9.91. The number of piperidine rings is 1. The van der Waals surface area contributed by atoms with E-state index in [2.05, 4.69) is 5.32 Å². The van der Waals surface area contributed by atoms with Crippen LogP contribution in [0.5, 0.6) is 0 Å². The van der Waals surface area contributed by atoms with Crippen LogP contribution < -0.4 is 5.32 Å². The molecule has 1 aliphatic heterocycles. The topological polar surface area (TPSA) is 61.9 Å². The van der Waals surface area contributed by atoms with Gasteiger partial charge in [0.05, 0.1) is 6.61 Å². The van der Waals surface area contributed by atoms with Gasteiger partial charge in [-0.1, -0.05) is 13.8 Å². The Bertz CT molecular complexity index is 385. The lowest BCUT2D eigenvalue weighted by Crippen LogP contribution is -2.50. The summed E-state index contributed by atoms with van der Waals surface area (Å²) in [5.74, 6) is 0.705. The van der Waals surface area contributed by atoms with Crippen molar-refractivity contribution in [2.45, 2.75) is 26.7 Å². The first-order valence-corrected chi connectivity index (χ1v) is 9.20. The number of hydrogen-bond acceptors (Lipinski definition) is 4. The van der Waals surface area contributed by atoms with Crippen molar-refractivity contribution >= 4 is 10.2 Å². The average Bonchev–Trinajstić information content (AvgIpc) is 2.43. The normalized spacial score (nSPS) is 21.3. The van der Waals surface area contributed by atoms with E-state index >= 15 is 0 Å². The van der Waals surface area contributed by atoms with Gasteiger partial charge in [-0.2, -0.15) is 17.0 Å². The van der Waals surface area contributed by atoms with E-state index in [1.54, 1.807) is 15.7 Å². The van der Waals surface area contributed by atoms with Crippen LogP contribution in [0.15, 0.2) is 0 Å². The lowest BCUT2D eigenvalue weighted by Gasteiger charge is -2.36. The van der Waals surface area contributed by atoms with Crippen molar-refractivity contribution in [3.8, 4) is 0 Å². The molecule has 1 N–H and O–H groups in total. The fourth-order valence-electron chi connectivity index (χ4n) is 2.76. The third-order valence-corrected chi connectivity index (χ3v) is 5.71. The molecule has 0 radical (unpaired) electrons. The van der Waals surface area contributed by atoms with Crippen LogP contribution in [0.25, 0.3) is 0 Å². The molecule has 6 nitrogen and oxygen atoms in total. The van der Waals surface area contributed by atoms with E-state index in [-0.39, 0.29) is 0 Å².